The van der Waals surface area contributed by atoms with Gasteiger partial charge in [-0.05, 0) is 48.6 Å². The summed E-state index contributed by atoms with van der Waals surface area (Å²) in [7, 11) is 0. The number of benzene rings is 2. The third kappa shape index (κ3) is 1.52. The number of hydrogen-bond acceptors (Lipinski definition) is 2. The van der Waals surface area contributed by atoms with Crippen LogP contribution in [0.15, 0.2) is 36.4 Å². The summed E-state index contributed by atoms with van der Waals surface area (Å²) in [6.45, 7) is 0. The summed E-state index contributed by atoms with van der Waals surface area (Å²) in [6.07, 6.45) is 5.51. The van der Waals surface area contributed by atoms with Gasteiger partial charge in [-0.3, -0.25) is 0 Å². The van der Waals surface area contributed by atoms with Gasteiger partial charge in [-0.1, -0.05) is 30.7 Å². The minimum absolute atomic E-state index is 0.136. The van der Waals surface area contributed by atoms with Gasteiger partial charge in [-0.25, -0.2) is 4.79 Å². The SMILES string of the molecule is O=C1OC2(CCCCC2)c2cc3ccccc3cc21. The molecule has 0 radical (unpaired) electrons. The van der Waals surface area contributed by atoms with E-state index < -0.39 is 0 Å². The van der Waals surface area contributed by atoms with Gasteiger partial charge < -0.3 is 4.74 Å². The van der Waals surface area contributed by atoms with Crippen molar-refractivity contribution in [1.29, 1.82) is 0 Å². The average Bonchev–Trinajstić information content (AvgIpc) is 2.70. The van der Waals surface area contributed by atoms with E-state index in [4.69, 9.17) is 4.74 Å². The predicted molar refractivity (Wildman–Crippen MR) is 74.1 cm³/mol. The molecule has 1 fully saturated rings. The highest BCUT2D eigenvalue weighted by Crippen LogP contribution is 2.47. The molecule has 19 heavy (non-hydrogen) atoms. The highest BCUT2D eigenvalue weighted by molar-refractivity contribution is 6.00. The highest BCUT2D eigenvalue weighted by Gasteiger charge is 2.45. The molecule has 0 amide bonds. The largest absolute Gasteiger partial charge is 0.451 e. The molecule has 0 bridgehead atoms. The predicted octanol–water partition coefficient (Wildman–Crippen LogP) is 4.17. The molecule has 96 valence electrons. The molecular weight excluding hydrogens is 236 g/mol. The lowest BCUT2D eigenvalue weighted by atomic mass is 9.79. The third-order valence-electron chi connectivity index (χ3n) is 4.55. The maximum atomic E-state index is 12.2. The smallest absolute Gasteiger partial charge is 0.339 e. The summed E-state index contributed by atoms with van der Waals surface area (Å²) in [6, 6.07) is 12.4. The first-order valence-corrected chi connectivity index (χ1v) is 7.05. The monoisotopic (exact) mass is 252 g/mol. The van der Waals surface area contributed by atoms with Crippen molar-refractivity contribution in [2.45, 2.75) is 37.7 Å². The zero-order valence-electron chi connectivity index (χ0n) is 10.8. The number of rotatable bonds is 0. The molecule has 0 saturated heterocycles. The minimum atomic E-state index is -0.325. The first-order valence-electron chi connectivity index (χ1n) is 7.05. The molecule has 2 aliphatic rings. The van der Waals surface area contributed by atoms with Crippen LogP contribution in [0.5, 0.6) is 0 Å². The standard InChI is InChI=1S/C17H16O2/c18-16-14-10-12-6-2-3-7-13(12)11-15(14)17(19-16)8-4-1-5-9-17/h2-3,6-7,10-11H,1,4-5,8-9H2. The Morgan fingerprint density at radius 1 is 0.947 bits per heavy atom. The average molecular weight is 252 g/mol. The van der Waals surface area contributed by atoms with Crippen LogP contribution in [-0.4, -0.2) is 5.97 Å². The first-order chi connectivity index (χ1) is 9.28. The fourth-order valence-corrected chi connectivity index (χ4v) is 3.57. The molecule has 2 heteroatoms. The molecule has 4 rings (SSSR count). The second-order valence-corrected chi connectivity index (χ2v) is 5.69. The van der Waals surface area contributed by atoms with E-state index >= 15 is 0 Å². The molecule has 1 spiro atoms. The van der Waals surface area contributed by atoms with Gasteiger partial charge in [0.15, 0.2) is 0 Å². The lowest BCUT2D eigenvalue weighted by molar-refractivity contribution is -0.0280. The maximum Gasteiger partial charge on any atom is 0.339 e. The summed E-state index contributed by atoms with van der Waals surface area (Å²) in [5.74, 6) is -0.136. The summed E-state index contributed by atoms with van der Waals surface area (Å²) in [5, 5.41) is 2.32. The van der Waals surface area contributed by atoms with Crippen molar-refractivity contribution in [3.05, 3.63) is 47.5 Å². The normalized spacial score (nSPS) is 20.5. The summed E-state index contributed by atoms with van der Waals surface area (Å²) < 4.78 is 5.79. The number of fused-ring (bicyclic) bond motifs is 3. The van der Waals surface area contributed by atoms with Crippen molar-refractivity contribution in [2.75, 3.05) is 0 Å². The summed E-state index contributed by atoms with van der Waals surface area (Å²) in [4.78, 5) is 12.2. The van der Waals surface area contributed by atoms with Gasteiger partial charge in [0.05, 0.1) is 5.56 Å². The van der Waals surface area contributed by atoms with Crippen molar-refractivity contribution < 1.29 is 9.53 Å². The third-order valence-corrected chi connectivity index (χ3v) is 4.55. The zero-order chi connectivity index (χ0) is 12.9. The van der Waals surface area contributed by atoms with E-state index in [0.29, 0.717) is 0 Å². The molecule has 2 aromatic rings. The van der Waals surface area contributed by atoms with E-state index in [0.717, 1.165) is 42.2 Å². The molecular formula is C17H16O2. The van der Waals surface area contributed by atoms with Gasteiger partial charge in [0, 0.05) is 5.56 Å². The number of carbonyl (C=O) groups is 1. The Morgan fingerprint density at radius 3 is 2.37 bits per heavy atom. The van der Waals surface area contributed by atoms with E-state index in [1.165, 1.54) is 11.8 Å². The fourth-order valence-electron chi connectivity index (χ4n) is 3.57. The van der Waals surface area contributed by atoms with Crippen LogP contribution in [0.2, 0.25) is 0 Å². The van der Waals surface area contributed by atoms with Crippen LogP contribution in [0.25, 0.3) is 10.8 Å². The van der Waals surface area contributed by atoms with Gasteiger partial charge in [0.1, 0.15) is 5.60 Å². The molecule has 0 unspecified atom stereocenters. The fraction of sp³-hybridized carbons (Fsp3) is 0.353. The Morgan fingerprint density at radius 2 is 1.63 bits per heavy atom. The Kier molecular flexibility index (Phi) is 2.22. The highest BCUT2D eigenvalue weighted by atomic mass is 16.6. The summed E-state index contributed by atoms with van der Waals surface area (Å²) in [5.41, 5.74) is 1.57. The van der Waals surface area contributed by atoms with Crippen LogP contribution in [0.4, 0.5) is 0 Å². The maximum absolute atomic E-state index is 12.2. The molecule has 1 aliphatic heterocycles. The van der Waals surface area contributed by atoms with Crippen LogP contribution in [0, 0.1) is 0 Å². The Balaban J connectivity index is 1.96. The van der Waals surface area contributed by atoms with Crippen LogP contribution >= 0.6 is 0 Å². The van der Waals surface area contributed by atoms with Crippen LogP contribution in [-0.2, 0) is 10.3 Å². The van der Waals surface area contributed by atoms with Crippen LogP contribution in [0.1, 0.15) is 48.0 Å². The number of ether oxygens (including phenoxy) is 1. The molecule has 0 N–H and O–H groups in total. The minimum Gasteiger partial charge on any atom is -0.451 e. The van der Waals surface area contributed by atoms with Gasteiger partial charge in [0.2, 0.25) is 0 Å². The van der Waals surface area contributed by atoms with Crippen LogP contribution in [0.3, 0.4) is 0 Å². The van der Waals surface area contributed by atoms with Crippen molar-refractivity contribution >= 4 is 16.7 Å². The molecule has 1 aliphatic carbocycles. The lowest BCUT2D eigenvalue weighted by Gasteiger charge is -2.32. The Labute approximate surface area is 112 Å². The molecule has 0 aromatic heterocycles. The molecule has 1 saturated carbocycles. The van der Waals surface area contributed by atoms with Crippen LogP contribution < -0.4 is 0 Å². The second-order valence-electron chi connectivity index (χ2n) is 5.69. The zero-order valence-corrected chi connectivity index (χ0v) is 10.8. The van der Waals surface area contributed by atoms with Crippen molar-refractivity contribution in [3.63, 3.8) is 0 Å². The Bertz CT molecular complexity index is 666. The van der Waals surface area contributed by atoms with E-state index in [2.05, 4.69) is 18.2 Å². The van der Waals surface area contributed by atoms with Crippen molar-refractivity contribution in [1.82, 2.24) is 0 Å². The molecule has 0 atom stereocenters. The topological polar surface area (TPSA) is 26.3 Å². The number of esters is 1. The van der Waals surface area contributed by atoms with Crippen molar-refractivity contribution in [2.24, 2.45) is 0 Å². The second kappa shape index (κ2) is 3.83. The van der Waals surface area contributed by atoms with Crippen molar-refractivity contribution in [3.8, 4) is 0 Å². The molecule has 1 heterocycles. The first kappa shape index (κ1) is 11.0. The van der Waals surface area contributed by atoms with Gasteiger partial charge in [-0.15, -0.1) is 0 Å². The molecule has 2 aromatic carbocycles. The van der Waals surface area contributed by atoms with E-state index in [1.807, 2.05) is 18.2 Å². The van der Waals surface area contributed by atoms with Gasteiger partial charge in [0.25, 0.3) is 0 Å². The van der Waals surface area contributed by atoms with Gasteiger partial charge in [-0.2, -0.15) is 0 Å². The molecule has 2 nitrogen and oxygen atoms in total. The summed E-state index contributed by atoms with van der Waals surface area (Å²) >= 11 is 0. The number of hydrogen-bond donors (Lipinski definition) is 0. The quantitative estimate of drug-likeness (QED) is 0.658. The lowest BCUT2D eigenvalue weighted by Crippen LogP contribution is -2.28. The van der Waals surface area contributed by atoms with E-state index in [-0.39, 0.29) is 11.6 Å². The van der Waals surface area contributed by atoms with E-state index in [1.54, 1.807) is 0 Å². The number of carbonyl (C=O) groups excluding carboxylic acids is 1. The van der Waals surface area contributed by atoms with E-state index in [9.17, 15) is 4.79 Å². The van der Waals surface area contributed by atoms with Gasteiger partial charge >= 0.3 is 5.97 Å². The Hall–Kier alpha value is -1.83.